The lowest BCUT2D eigenvalue weighted by Gasteiger charge is -2.29. The van der Waals surface area contributed by atoms with E-state index in [9.17, 15) is 0 Å². The molecule has 2 nitrogen and oxygen atoms in total. The van der Waals surface area contributed by atoms with Crippen LogP contribution in [0.4, 0.5) is 17.1 Å². The van der Waals surface area contributed by atoms with Gasteiger partial charge in [0.25, 0.3) is 0 Å². The number of nitrogens with zero attached hydrogens (tertiary/aromatic N) is 1. The summed E-state index contributed by atoms with van der Waals surface area (Å²) in [5.41, 5.74) is 15.0. The Labute approximate surface area is 241 Å². The van der Waals surface area contributed by atoms with Crippen LogP contribution in [0.5, 0.6) is 0 Å². The van der Waals surface area contributed by atoms with Gasteiger partial charge in [-0.2, -0.15) is 0 Å². The highest BCUT2D eigenvalue weighted by molar-refractivity contribution is 5.90. The minimum Gasteiger partial charge on any atom is -0.461 e. The standard InChI is InChI=1S/C39H33NO/c1-24-20-25-14-15-28(23-37(25)41-24)40(26-16-18-31-29-10-6-8-12-33(29)38(2,3)35(31)21-26)27-17-19-32-30-11-7-9-13-34(30)39(4,5)36(32)22-27/h6-23H,1-5H3. The molecule has 0 unspecified atom stereocenters. The summed E-state index contributed by atoms with van der Waals surface area (Å²) < 4.78 is 6.10. The normalized spacial score (nSPS) is 15.3. The van der Waals surface area contributed by atoms with Crippen molar-refractivity contribution in [2.45, 2.75) is 45.4 Å². The summed E-state index contributed by atoms with van der Waals surface area (Å²) in [5, 5.41) is 1.13. The molecule has 0 atom stereocenters. The molecule has 5 aromatic carbocycles. The van der Waals surface area contributed by atoms with Gasteiger partial charge in [0, 0.05) is 39.3 Å². The topological polar surface area (TPSA) is 16.4 Å². The molecule has 0 amide bonds. The van der Waals surface area contributed by atoms with E-state index in [2.05, 4.69) is 142 Å². The van der Waals surface area contributed by atoms with Crippen LogP contribution in [0.25, 0.3) is 33.2 Å². The zero-order valence-electron chi connectivity index (χ0n) is 24.2. The Hall–Kier alpha value is -4.56. The van der Waals surface area contributed by atoms with Crippen molar-refractivity contribution >= 4 is 28.0 Å². The van der Waals surface area contributed by atoms with Crippen LogP contribution in [-0.2, 0) is 10.8 Å². The number of hydrogen-bond acceptors (Lipinski definition) is 2. The quantitative estimate of drug-likeness (QED) is 0.226. The zero-order valence-corrected chi connectivity index (χ0v) is 24.2. The highest BCUT2D eigenvalue weighted by atomic mass is 16.3. The van der Waals surface area contributed by atoms with Gasteiger partial charge in [-0.1, -0.05) is 88.4 Å². The van der Waals surface area contributed by atoms with Crippen molar-refractivity contribution < 1.29 is 4.42 Å². The first kappa shape index (κ1) is 24.3. The molecule has 200 valence electrons. The maximum absolute atomic E-state index is 6.10. The van der Waals surface area contributed by atoms with E-state index in [4.69, 9.17) is 4.42 Å². The van der Waals surface area contributed by atoms with Crippen molar-refractivity contribution in [3.63, 3.8) is 0 Å². The highest BCUT2D eigenvalue weighted by Crippen LogP contribution is 2.53. The van der Waals surface area contributed by atoms with E-state index in [-0.39, 0.29) is 10.8 Å². The molecule has 0 saturated heterocycles. The molecule has 1 aromatic heterocycles. The number of aryl methyl sites for hydroxylation is 1. The molecule has 6 aromatic rings. The van der Waals surface area contributed by atoms with Crippen LogP contribution in [0.2, 0.25) is 0 Å². The summed E-state index contributed by atoms with van der Waals surface area (Å²) in [6, 6.07) is 40.4. The molecule has 0 spiro atoms. The predicted molar refractivity (Wildman–Crippen MR) is 171 cm³/mol. The molecule has 41 heavy (non-hydrogen) atoms. The lowest BCUT2D eigenvalue weighted by Crippen LogP contribution is -2.18. The van der Waals surface area contributed by atoms with E-state index in [1.54, 1.807) is 0 Å². The van der Waals surface area contributed by atoms with E-state index in [0.29, 0.717) is 0 Å². The van der Waals surface area contributed by atoms with Gasteiger partial charge in [0.05, 0.1) is 0 Å². The fourth-order valence-corrected chi connectivity index (χ4v) is 7.40. The molecule has 2 heteroatoms. The van der Waals surface area contributed by atoms with Gasteiger partial charge in [-0.15, -0.1) is 0 Å². The molecular weight excluding hydrogens is 498 g/mol. The minimum absolute atomic E-state index is 0.0722. The van der Waals surface area contributed by atoms with E-state index in [0.717, 1.165) is 33.8 Å². The van der Waals surface area contributed by atoms with Crippen LogP contribution >= 0.6 is 0 Å². The van der Waals surface area contributed by atoms with Crippen molar-refractivity contribution in [3.8, 4) is 22.3 Å². The summed E-state index contributed by atoms with van der Waals surface area (Å²) in [6.07, 6.45) is 0. The Kier molecular flexibility index (Phi) is 4.87. The molecule has 8 rings (SSSR count). The number of benzene rings is 5. The van der Waals surface area contributed by atoms with Gasteiger partial charge >= 0.3 is 0 Å². The largest absolute Gasteiger partial charge is 0.461 e. The van der Waals surface area contributed by atoms with Crippen LogP contribution in [0.15, 0.2) is 114 Å². The number of furan rings is 1. The Morgan fingerprint density at radius 3 is 1.51 bits per heavy atom. The summed E-state index contributed by atoms with van der Waals surface area (Å²) in [4.78, 5) is 2.40. The molecule has 0 saturated carbocycles. The number of anilines is 3. The lowest BCUT2D eigenvalue weighted by molar-refractivity contribution is 0.578. The van der Waals surface area contributed by atoms with Crippen LogP contribution in [-0.4, -0.2) is 0 Å². The van der Waals surface area contributed by atoms with Crippen molar-refractivity contribution in [1.29, 1.82) is 0 Å². The summed E-state index contributed by atoms with van der Waals surface area (Å²) in [6.45, 7) is 11.4. The number of hydrogen-bond donors (Lipinski definition) is 0. The Morgan fingerprint density at radius 2 is 0.951 bits per heavy atom. The monoisotopic (exact) mass is 531 g/mol. The van der Waals surface area contributed by atoms with Gasteiger partial charge in [0.15, 0.2) is 0 Å². The molecule has 1 heterocycles. The maximum Gasteiger partial charge on any atom is 0.136 e. The Bertz CT molecular complexity index is 1910. The highest BCUT2D eigenvalue weighted by Gasteiger charge is 2.37. The zero-order chi connectivity index (χ0) is 28.1. The molecule has 0 radical (unpaired) electrons. The molecular formula is C39H33NO. The van der Waals surface area contributed by atoms with Crippen molar-refractivity contribution in [3.05, 3.63) is 137 Å². The van der Waals surface area contributed by atoms with Gasteiger partial charge in [0.2, 0.25) is 0 Å². The second kappa shape index (κ2) is 8.24. The lowest BCUT2D eigenvalue weighted by atomic mass is 9.82. The van der Waals surface area contributed by atoms with Crippen molar-refractivity contribution in [2.24, 2.45) is 0 Å². The van der Waals surface area contributed by atoms with Crippen molar-refractivity contribution in [2.75, 3.05) is 4.90 Å². The minimum atomic E-state index is -0.0722. The van der Waals surface area contributed by atoms with E-state index in [1.807, 2.05) is 6.92 Å². The van der Waals surface area contributed by atoms with Gasteiger partial charge in [-0.05, 0) is 93.9 Å². The number of rotatable bonds is 3. The van der Waals surface area contributed by atoms with E-state index in [1.165, 1.54) is 44.5 Å². The summed E-state index contributed by atoms with van der Waals surface area (Å²) in [7, 11) is 0. The number of fused-ring (bicyclic) bond motifs is 7. The SMILES string of the molecule is Cc1cc2ccc(N(c3ccc4c(c3)C(C)(C)c3ccccc3-4)c3ccc4c(c3)C(C)(C)c3ccccc3-4)cc2o1. The second-order valence-electron chi connectivity index (χ2n) is 12.7. The first-order chi connectivity index (χ1) is 19.7. The molecule has 2 aliphatic rings. The molecule has 2 aliphatic carbocycles. The average Bonchev–Trinajstić information content (AvgIpc) is 3.54. The molecule has 0 fully saturated rings. The van der Waals surface area contributed by atoms with Crippen LogP contribution < -0.4 is 4.90 Å². The summed E-state index contributed by atoms with van der Waals surface area (Å²) >= 11 is 0. The van der Waals surface area contributed by atoms with E-state index >= 15 is 0 Å². The van der Waals surface area contributed by atoms with E-state index < -0.39 is 0 Å². The van der Waals surface area contributed by atoms with Gasteiger partial charge in [-0.3, -0.25) is 0 Å². The first-order valence-corrected chi connectivity index (χ1v) is 14.5. The first-order valence-electron chi connectivity index (χ1n) is 14.5. The van der Waals surface area contributed by atoms with Gasteiger partial charge < -0.3 is 9.32 Å². The van der Waals surface area contributed by atoms with Crippen LogP contribution in [0.1, 0.15) is 55.7 Å². The van der Waals surface area contributed by atoms with Crippen LogP contribution in [0, 0.1) is 6.92 Å². The van der Waals surface area contributed by atoms with Gasteiger partial charge in [0.1, 0.15) is 11.3 Å². The fourth-order valence-electron chi connectivity index (χ4n) is 7.40. The smallest absolute Gasteiger partial charge is 0.136 e. The third kappa shape index (κ3) is 3.37. The molecule has 0 aliphatic heterocycles. The molecule has 0 bridgehead atoms. The Morgan fingerprint density at radius 1 is 0.488 bits per heavy atom. The average molecular weight is 532 g/mol. The summed E-state index contributed by atoms with van der Waals surface area (Å²) in [5.74, 6) is 0.929. The predicted octanol–water partition coefficient (Wildman–Crippen LogP) is 10.8. The van der Waals surface area contributed by atoms with Crippen molar-refractivity contribution in [1.82, 2.24) is 0 Å². The third-order valence-corrected chi connectivity index (χ3v) is 9.54. The Balaban J connectivity index is 1.34. The van der Waals surface area contributed by atoms with Gasteiger partial charge in [-0.25, -0.2) is 0 Å². The fraction of sp³-hybridized carbons (Fsp3) is 0.179. The molecule has 0 N–H and O–H groups in total. The second-order valence-corrected chi connectivity index (χ2v) is 12.7. The maximum atomic E-state index is 6.10. The third-order valence-electron chi connectivity index (χ3n) is 9.54. The van der Waals surface area contributed by atoms with Crippen LogP contribution in [0.3, 0.4) is 0 Å².